The van der Waals surface area contributed by atoms with Crippen molar-refractivity contribution in [2.24, 2.45) is 11.7 Å². The Kier molecular flexibility index (Phi) is 5.82. The van der Waals surface area contributed by atoms with Crippen LogP contribution in [0, 0.1) is 5.92 Å². The second-order valence-corrected chi connectivity index (χ2v) is 5.99. The van der Waals surface area contributed by atoms with Gasteiger partial charge in [0.05, 0.1) is 11.7 Å². The molecule has 0 bridgehead atoms. The van der Waals surface area contributed by atoms with Gasteiger partial charge in [-0.05, 0) is 6.42 Å². The molecule has 0 aliphatic rings. The van der Waals surface area contributed by atoms with Gasteiger partial charge in [-0.15, -0.1) is 0 Å². The van der Waals surface area contributed by atoms with Gasteiger partial charge in [0.15, 0.2) is 0 Å². The van der Waals surface area contributed by atoms with Crippen LogP contribution in [-0.4, -0.2) is 51.4 Å². The highest BCUT2D eigenvalue weighted by Gasteiger charge is 2.19. The third kappa shape index (κ3) is 5.74. The third-order valence-corrected chi connectivity index (χ3v) is 3.22. The second-order valence-electron chi connectivity index (χ2n) is 3.73. The number of hydrogen-bond acceptors (Lipinski definition) is 4. The minimum atomic E-state index is -3.02. The molecule has 0 aliphatic carbocycles. The molecule has 1 atom stereocenters. The summed E-state index contributed by atoms with van der Waals surface area (Å²) >= 11 is 0. The average Bonchev–Trinajstić information content (AvgIpc) is 2.14. The van der Waals surface area contributed by atoms with E-state index < -0.39 is 9.84 Å². The van der Waals surface area contributed by atoms with Gasteiger partial charge in [0.2, 0.25) is 5.91 Å². The zero-order chi connectivity index (χ0) is 12.1. The SMILES string of the molecule is CCC(CN)C(=O)N(C)CCS(C)(=O)=O. The molecule has 15 heavy (non-hydrogen) atoms. The molecule has 0 heterocycles. The summed E-state index contributed by atoms with van der Waals surface area (Å²) in [5, 5.41) is 0. The standard InChI is InChI=1S/C9H20N2O3S/c1-4-8(7-10)9(12)11(2)5-6-15(3,13)14/h8H,4-7,10H2,1-3H3. The minimum absolute atomic E-state index is 0.00372. The van der Waals surface area contributed by atoms with Crippen LogP contribution < -0.4 is 5.73 Å². The number of nitrogens with zero attached hydrogens (tertiary/aromatic N) is 1. The van der Waals surface area contributed by atoms with Crippen molar-refractivity contribution in [1.82, 2.24) is 4.90 Å². The molecule has 0 fully saturated rings. The predicted octanol–water partition coefficient (Wildman–Crippen LogP) is -0.526. The van der Waals surface area contributed by atoms with Gasteiger partial charge in [0.1, 0.15) is 9.84 Å². The van der Waals surface area contributed by atoms with Crippen LogP contribution in [0.3, 0.4) is 0 Å². The van der Waals surface area contributed by atoms with E-state index in [1.165, 1.54) is 4.90 Å². The van der Waals surface area contributed by atoms with Gasteiger partial charge < -0.3 is 10.6 Å². The molecule has 0 aromatic heterocycles. The Labute approximate surface area is 91.5 Å². The highest BCUT2D eigenvalue weighted by molar-refractivity contribution is 7.90. The molecule has 0 aromatic rings. The molecular formula is C9H20N2O3S. The Morgan fingerprint density at radius 3 is 2.33 bits per heavy atom. The fourth-order valence-electron chi connectivity index (χ4n) is 1.17. The molecule has 90 valence electrons. The first-order valence-corrected chi connectivity index (χ1v) is 7.00. The number of amides is 1. The predicted molar refractivity (Wildman–Crippen MR) is 60.2 cm³/mol. The Morgan fingerprint density at radius 2 is 2.00 bits per heavy atom. The minimum Gasteiger partial charge on any atom is -0.344 e. The number of nitrogens with two attached hydrogens (primary N) is 1. The van der Waals surface area contributed by atoms with Gasteiger partial charge >= 0.3 is 0 Å². The molecular weight excluding hydrogens is 216 g/mol. The molecule has 5 nitrogen and oxygen atoms in total. The summed E-state index contributed by atoms with van der Waals surface area (Å²) in [5.41, 5.74) is 5.44. The molecule has 0 spiro atoms. The van der Waals surface area contributed by atoms with Crippen molar-refractivity contribution in [3.8, 4) is 0 Å². The topological polar surface area (TPSA) is 80.5 Å². The van der Waals surface area contributed by atoms with Crippen LogP contribution in [0.15, 0.2) is 0 Å². The number of hydrogen-bond donors (Lipinski definition) is 1. The van der Waals surface area contributed by atoms with Gasteiger partial charge in [0, 0.05) is 26.4 Å². The fourth-order valence-corrected chi connectivity index (χ4v) is 1.77. The lowest BCUT2D eigenvalue weighted by atomic mass is 10.1. The van der Waals surface area contributed by atoms with E-state index in [0.29, 0.717) is 13.0 Å². The number of rotatable bonds is 6. The lowest BCUT2D eigenvalue weighted by molar-refractivity contribution is -0.133. The van der Waals surface area contributed by atoms with Crippen molar-refractivity contribution in [3.63, 3.8) is 0 Å². The largest absolute Gasteiger partial charge is 0.344 e. The van der Waals surface area contributed by atoms with E-state index in [-0.39, 0.29) is 24.1 Å². The van der Waals surface area contributed by atoms with Crippen molar-refractivity contribution in [2.75, 3.05) is 32.1 Å². The van der Waals surface area contributed by atoms with Crippen LogP contribution in [0.5, 0.6) is 0 Å². The van der Waals surface area contributed by atoms with E-state index >= 15 is 0 Å². The van der Waals surface area contributed by atoms with Crippen molar-refractivity contribution < 1.29 is 13.2 Å². The van der Waals surface area contributed by atoms with Crippen LogP contribution in [0.2, 0.25) is 0 Å². The number of carbonyl (C=O) groups is 1. The highest BCUT2D eigenvalue weighted by atomic mass is 32.2. The van der Waals surface area contributed by atoms with Crippen molar-refractivity contribution in [2.45, 2.75) is 13.3 Å². The molecule has 6 heteroatoms. The normalized spacial score (nSPS) is 13.6. The molecule has 0 saturated carbocycles. The van der Waals surface area contributed by atoms with E-state index in [4.69, 9.17) is 5.73 Å². The molecule has 2 N–H and O–H groups in total. The number of sulfone groups is 1. The quantitative estimate of drug-likeness (QED) is 0.672. The van der Waals surface area contributed by atoms with Gasteiger partial charge in [-0.2, -0.15) is 0 Å². The maximum atomic E-state index is 11.7. The lowest BCUT2D eigenvalue weighted by Crippen LogP contribution is -2.38. The monoisotopic (exact) mass is 236 g/mol. The van der Waals surface area contributed by atoms with Crippen LogP contribution in [0.1, 0.15) is 13.3 Å². The molecule has 0 radical (unpaired) electrons. The zero-order valence-corrected chi connectivity index (χ0v) is 10.4. The molecule has 0 saturated heterocycles. The van der Waals surface area contributed by atoms with Crippen LogP contribution in [0.25, 0.3) is 0 Å². The average molecular weight is 236 g/mol. The zero-order valence-electron chi connectivity index (χ0n) is 9.56. The van der Waals surface area contributed by atoms with Crippen LogP contribution in [0.4, 0.5) is 0 Å². The summed E-state index contributed by atoms with van der Waals surface area (Å²) < 4.78 is 21.8. The Hall–Kier alpha value is -0.620. The number of carbonyl (C=O) groups excluding carboxylic acids is 1. The smallest absolute Gasteiger partial charge is 0.226 e. The van der Waals surface area contributed by atoms with E-state index in [1.807, 2.05) is 6.92 Å². The maximum Gasteiger partial charge on any atom is 0.226 e. The van der Waals surface area contributed by atoms with Crippen molar-refractivity contribution >= 4 is 15.7 Å². The first-order chi connectivity index (χ1) is 6.81. The van der Waals surface area contributed by atoms with E-state index in [1.54, 1.807) is 7.05 Å². The lowest BCUT2D eigenvalue weighted by Gasteiger charge is -2.21. The Morgan fingerprint density at radius 1 is 1.47 bits per heavy atom. The first kappa shape index (κ1) is 14.4. The second kappa shape index (κ2) is 6.07. The Balaban J connectivity index is 4.21. The fraction of sp³-hybridized carbons (Fsp3) is 0.889. The summed E-state index contributed by atoms with van der Waals surface area (Å²) in [5.74, 6) is -0.283. The Bertz CT molecular complexity index is 296. The molecule has 1 unspecified atom stereocenters. The molecule has 0 aliphatic heterocycles. The van der Waals surface area contributed by atoms with Gasteiger partial charge in [-0.1, -0.05) is 6.92 Å². The summed E-state index contributed by atoms with van der Waals surface area (Å²) in [6, 6.07) is 0. The van der Waals surface area contributed by atoms with Gasteiger partial charge in [-0.3, -0.25) is 4.79 Å². The van der Waals surface area contributed by atoms with Gasteiger partial charge in [0.25, 0.3) is 0 Å². The van der Waals surface area contributed by atoms with E-state index in [0.717, 1.165) is 6.26 Å². The first-order valence-electron chi connectivity index (χ1n) is 4.94. The molecule has 0 aromatic carbocycles. The summed E-state index contributed by atoms with van der Waals surface area (Å²) in [6.07, 6.45) is 1.84. The van der Waals surface area contributed by atoms with Crippen LogP contribution >= 0.6 is 0 Å². The summed E-state index contributed by atoms with van der Waals surface area (Å²) in [6.45, 7) is 2.42. The third-order valence-electron chi connectivity index (χ3n) is 2.30. The summed E-state index contributed by atoms with van der Waals surface area (Å²) in [4.78, 5) is 13.1. The highest BCUT2D eigenvalue weighted by Crippen LogP contribution is 2.04. The van der Waals surface area contributed by atoms with Crippen LogP contribution in [-0.2, 0) is 14.6 Å². The van der Waals surface area contributed by atoms with E-state index in [2.05, 4.69) is 0 Å². The summed E-state index contributed by atoms with van der Waals surface area (Å²) in [7, 11) is -1.41. The molecule has 1 amide bonds. The maximum absolute atomic E-state index is 11.7. The van der Waals surface area contributed by atoms with E-state index in [9.17, 15) is 13.2 Å². The van der Waals surface area contributed by atoms with Gasteiger partial charge in [-0.25, -0.2) is 8.42 Å². The van der Waals surface area contributed by atoms with Crippen molar-refractivity contribution in [3.05, 3.63) is 0 Å². The van der Waals surface area contributed by atoms with Crippen molar-refractivity contribution in [1.29, 1.82) is 0 Å². The molecule has 0 rings (SSSR count).